The van der Waals surface area contributed by atoms with Crippen molar-refractivity contribution in [1.82, 2.24) is 9.78 Å². The molecule has 1 atom stereocenters. The second-order valence-corrected chi connectivity index (χ2v) is 7.60. The maximum atomic E-state index is 13.3. The Morgan fingerprint density at radius 2 is 1.65 bits per heavy atom. The summed E-state index contributed by atoms with van der Waals surface area (Å²) in [5.74, 6) is 0. The van der Waals surface area contributed by atoms with Gasteiger partial charge in [-0.2, -0.15) is 18.3 Å². The van der Waals surface area contributed by atoms with Gasteiger partial charge in [-0.25, -0.2) is 0 Å². The van der Waals surface area contributed by atoms with Crippen LogP contribution in [0.4, 0.5) is 13.2 Å². The lowest BCUT2D eigenvalue weighted by atomic mass is 9.82. The molecule has 0 spiro atoms. The fourth-order valence-electron chi connectivity index (χ4n) is 2.93. The molecule has 0 N–H and O–H groups in total. The van der Waals surface area contributed by atoms with Crippen LogP contribution in [0.25, 0.3) is 0 Å². The highest BCUT2D eigenvalue weighted by Crippen LogP contribution is 2.37. The van der Waals surface area contributed by atoms with Gasteiger partial charge >= 0.3 is 13.3 Å². The predicted molar refractivity (Wildman–Crippen MR) is 93.2 cm³/mol. The van der Waals surface area contributed by atoms with Crippen LogP contribution in [-0.2, 0) is 15.5 Å². The van der Waals surface area contributed by atoms with Crippen LogP contribution in [0.15, 0.2) is 36.7 Å². The first-order valence-corrected chi connectivity index (χ1v) is 8.48. The van der Waals surface area contributed by atoms with Crippen molar-refractivity contribution in [2.24, 2.45) is 0 Å². The van der Waals surface area contributed by atoms with Gasteiger partial charge in [0.15, 0.2) is 0 Å². The molecule has 0 saturated carbocycles. The molecule has 1 aliphatic heterocycles. The van der Waals surface area contributed by atoms with Gasteiger partial charge in [-0.1, -0.05) is 18.2 Å². The van der Waals surface area contributed by atoms with Crippen LogP contribution in [0.3, 0.4) is 0 Å². The number of halogens is 3. The number of aromatic nitrogens is 2. The lowest BCUT2D eigenvalue weighted by molar-refractivity contribution is -0.138. The fourth-order valence-corrected chi connectivity index (χ4v) is 2.93. The zero-order chi connectivity index (χ0) is 19.3. The van der Waals surface area contributed by atoms with Crippen LogP contribution in [0.2, 0.25) is 0 Å². The molecule has 1 aliphatic rings. The van der Waals surface area contributed by atoms with Gasteiger partial charge in [-0.15, -0.1) is 0 Å². The van der Waals surface area contributed by atoms with Crippen LogP contribution in [0.5, 0.6) is 0 Å². The van der Waals surface area contributed by atoms with Crippen LogP contribution < -0.4 is 5.46 Å². The van der Waals surface area contributed by atoms with Crippen molar-refractivity contribution in [2.45, 2.75) is 58.0 Å². The molecule has 2 heterocycles. The Morgan fingerprint density at radius 1 is 1.08 bits per heavy atom. The minimum Gasteiger partial charge on any atom is -0.399 e. The molecule has 0 amide bonds. The third-order valence-electron chi connectivity index (χ3n) is 5.26. The van der Waals surface area contributed by atoms with E-state index in [1.165, 1.54) is 16.8 Å². The van der Waals surface area contributed by atoms with Crippen LogP contribution in [0, 0.1) is 0 Å². The number of rotatable bonds is 3. The van der Waals surface area contributed by atoms with E-state index < -0.39 is 36.1 Å². The van der Waals surface area contributed by atoms with Crippen molar-refractivity contribution in [3.05, 3.63) is 47.8 Å². The predicted octanol–water partition coefficient (Wildman–Crippen LogP) is 3.81. The van der Waals surface area contributed by atoms with Gasteiger partial charge in [0.1, 0.15) is 0 Å². The molecule has 2 aromatic rings. The van der Waals surface area contributed by atoms with E-state index in [1.54, 1.807) is 25.4 Å². The highest BCUT2D eigenvalue weighted by Gasteiger charge is 2.52. The topological polar surface area (TPSA) is 36.3 Å². The Labute approximate surface area is 151 Å². The molecular formula is C18H22BF3N2O2. The van der Waals surface area contributed by atoms with Gasteiger partial charge in [-0.3, -0.25) is 4.68 Å². The Bertz CT molecular complexity index is 786. The van der Waals surface area contributed by atoms with Crippen molar-refractivity contribution < 1.29 is 22.5 Å². The molecular weight excluding hydrogens is 344 g/mol. The summed E-state index contributed by atoms with van der Waals surface area (Å²) < 4.78 is 53.3. The summed E-state index contributed by atoms with van der Waals surface area (Å²) in [6.07, 6.45) is -1.15. The Morgan fingerprint density at radius 3 is 2.23 bits per heavy atom. The zero-order valence-electron chi connectivity index (χ0n) is 15.5. The molecule has 4 nitrogen and oxygen atoms in total. The third-order valence-corrected chi connectivity index (χ3v) is 5.26. The lowest BCUT2D eigenvalue weighted by Crippen LogP contribution is -2.41. The maximum absolute atomic E-state index is 13.3. The van der Waals surface area contributed by atoms with E-state index >= 15 is 0 Å². The second kappa shape index (κ2) is 6.13. The van der Waals surface area contributed by atoms with Crippen molar-refractivity contribution >= 4 is 12.6 Å². The number of hydrogen-bond acceptors (Lipinski definition) is 3. The fraction of sp³-hybridized carbons (Fsp3) is 0.500. The molecule has 0 aliphatic carbocycles. The average molecular weight is 366 g/mol. The van der Waals surface area contributed by atoms with Gasteiger partial charge in [0.05, 0.1) is 22.8 Å². The highest BCUT2D eigenvalue weighted by molar-refractivity contribution is 6.62. The maximum Gasteiger partial charge on any atom is 0.498 e. The molecule has 1 aromatic heterocycles. The average Bonchev–Trinajstić information content (AvgIpc) is 3.09. The molecule has 0 radical (unpaired) electrons. The van der Waals surface area contributed by atoms with Crippen molar-refractivity contribution in [3.63, 3.8) is 0 Å². The number of benzene rings is 1. The zero-order valence-corrected chi connectivity index (χ0v) is 15.5. The monoisotopic (exact) mass is 366 g/mol. The highest BCUT2D eigenvalue weighted by atomic mass is 19.4. The summed E-state index contributed by atoms with van der Waals surface area (Å²) in [7, 11) is -0.598. The first-order valence-electron chi connectivity index (χ1n) is 8.48. The SMILES string of the molecule is CC(c1ccccc1C(F)(F)F)n1cc(B2OC(C)(C)C(C)(C)O2)cn1. The largest absolute Gasteiger partial charge is 0.498 e. The smallest absolute Gasteiger partial charge is 0.399 e. The Kier molecular flexibility index (Phi) is 4.47. The van der Waals surface area contributed by atoms with Gasteiger partial charge < -0.3 is 9.31 Å². The minimum absolute atomic E-state index is 0.170. The number of nitrogens with zero attached hydrogens (tertiary/aromatic N) is 2. The number of alkyl halides is 3. The van der Waals surface area contributed by atoms with E-state index in [4.69, 9.17) is 9.31 Å². The molecule has 1 saturated heterocycles. The summed E-state index contributed by atoms with van der Waals surface area (Å²) in [5.41, 5.74) is -0.786. The standard InChI is InChI=1S/C18H22BF3N2O2/c1-12(14-8-6-7-9-15(14)18(20,21)22)24-11-13(10-23-24)19-25-16(2,3)17(4,5)26-19/h6-12H,1-5H3. The summed E-state index contributed by atoms with van der Waals surface area (Å²) >= 11 is 0. The molecule has 26 heavy (non-hydrogen) atoms. The summed E-state index contributed by atoms with van der Waals surface area (Å²) in [6.45, 7) is 9.46. The molecule has 1 unspecified atom stereocenters. The molecule has 3 rings (SSSR count). The molecule has 8 heteroatoms. The van der Waals surface area contributed by atoms with E-state index in [0.29, 0.717) is 5.46 Å². The third kappa shape index (κ3) is 3.28. The van der Waals surface area contributed by atoms with E-state index in [-0.39, 0.29) is 5.56 Å². The van der Waals surface area contributed by atoms with Crippen molar-refractivity contribution in [2.75, 3.05) is 0 Å². The normalized spacial score (nSPS) is 20.4. The van der Waals surface area contributed by atoms with E-state index in [0.717, 1.165) is 6.07 Å². The van der Waals surface area contributed by atoms with E-state index in [1.807, 2.05) is 27.7 Å². The molecule has 1 fully saturated rings. The van der Waals surface area contributed by atoms with Crippen molar-refractivity contribution in [3.8, 4) is 0 Å². The molecule has 0 bridgehead atoms. The molecule has 1 aromatic carbocycles. The first kappa shape index (κ1) is 19.0. The van der Waals surface area contributed by atoms with Crippen LogP contribution in [-0.4, -0.2) is 28.1 Å². The molecule has 140 valence electrons. The van der Waals surface area contributed by atoms with Gasteiger partial charge in [0, 0.05) is 17.9 Å². The first-order chi connectivity index (χ1) is 11.9. The Balaban J connectivity index is 1.88. The van der Waals surface area contributed by atoms with Gasteiger partial charge in [-0.05, 0) is 46.2 Å². The summed E-state index contributed by atoms with van der Waals surface area (Å²) in [5, 5.41) is 4.25. The van der Waals surface area contributed by atoms with Crippen molar-refractivity contribution in [1.29, 1.82) is 0 Å². The minimum atomic E-state index is -4.41. The summed E-state index contributed by atoms with van der Waals surface area (Å²) in [6, 6.07) is 4.97. The van der Waals surface area contributed by atoms with Crippen LogP contribution in [0.1, 0.15) is 51.8 Å². The lowest BCUT2D eigenvalue weighted by Gasteiger charge is -2.32. The quantitative estimate of drug-likeness (QED) is 0.776. The van der Waals surface area contributed by atoms with Gasteiger partial charge in [0.25, 0.3) is 0 Å². The Hall–Kier alpha value is -1.80. The second-order valence-electron chi connectivity index (χ2n) is 7.60. The number of hydrogen-bond donors (Lipinski definition) is 0. The van der Waals surface area contributed by atoms with E-state index in [9.17, 15) is 13.2 Å². The van der Waals surface area contributed by atoms with Crippen LogP contribution >= 0.6 is 0 Å². The summed E-state index contributed by atoms with van der Waals surface area (Å²) in [4.78, 5) is 0. The van der Waals surface area contributed by atoms with E-state index in [2.05, 4.69) is 5.10 Å². The van der Waals surface area contributed by atoms with Gasteiger partial charge in [0.2, 0.25) is 0 Å².